The third-order valence-corrected chi connectivity index (χ3v) is 2.09. The number of benzene rings is 1. The highest BCUT2D eigenvalue weighted by molar-refractivity contribution is 6.07. The number of amides is 1. The molecule has 0 fully saturated rings. The van der Waals surface area contributed by atoms with Crippen LogP contribution in [0.4, 0.5) is 20.3 Å². The van der Waals surface area contributed by atoms with E-state index in [1.54, 1.807) is 0 Å². The fourth-order valence-electron chi connectivity index (χ4n) is 1.25. The molecular formula is C10H8F2N4O. The number of carbonyl (C=O) groups excluding carboxylic acids is 1. The predicted octanol–water partition coefficient (Wildman–Crippen LogP) is 1.52. The third-order valence-electron chi connectivity index (χ3n) is 2.09. The first-order valence-electron chi connectivity index (χ1n) is 4.63. The minimum Gasteiger partial charge on any atom is -0.383 e. The minimum atomic E-state index is -1.04. The number of nitrogens with zero attached hydrogens (tertiary/aromatic N) is 1. The van der Waals surface area contributed by atoms with Gasteiger partial charge in [-0.1, -0.05) is 0 Å². The highest BCUT2D eigenvalue weighted by Gasteiger charge is 2.12. The van der Waals surface area contributed by atoms with Crippen LogP contribution in [0.2, 0.25) is 0 Å². The molecular weight excluding hydrogens is 230 g/mol. The summed E-state index contributed by atoms with van der Waals surface area (Å²) in [6.07, 6.45) is 1.24. The second-order valence-electron chi connectivity index (χ2n) is 3.28. The molecule has 0 aliphatic carbocycles. The van der Waals surface area contributed by atoms with Crippen LogP contribution in [0.25, 0.3) is 0 Å². The largest absolute Gasteiger partial charge is 0.383 e. The van der Waals surface area contributed by atoms with Crippen molar-refractivity contribution in [1.29, 1.82) is 0 Å². The highest BCUT2D eigenvalue weighted by Crippen LogP contribution is 2.15. The quantitative estimate of drug-likeness (QED) is 0.741. The Kier molecular flexibility index (Phi) is 2.73. The van der Waals surface area contributed by atoms with Crippen molar-refractivity contribution in [2.75, 3.05) is 11.1 Å². The number of nitrogens with two attached hydrogens (primary N) is 1. The summed E-state index contributed by atoms with van der Waals surface area (Å²) in [5.41, 5.74) is 5.70. The number of hydrogen-bond donors (Lipinski definition) is 3. The zero-order chi connectivity index (χ0) is 12.4. The van der Waals surface area contributed by atoms with E-state index in [0.29, 0.717) is 0 Å². The molecule has 0 aliphatic rings. The van der Waals surface area contributed by atoms with Crippen molar-refractivity contribution in [1.82, 2.24) is 10.2 Å². The summed E-state index contributed by atoms with van der Waals surface area (Å²) in [6.45, 7) is 0. The van der Waals surface area contributed by atoms with Gasteiger partial charge < -0.3 is 11.1 Å². The van der Waals surface area contributed by atoms with Crippen molar-refractivity contribution in [3.63, 3.8) is 0 Å². The molecule has 0 aliphatic heterocycles. The van der Waals surface area contributed by atoms with Gasteiger partial charge in [-0.15, -0.1) is 0 Å². The van der Waals surface area contributed by atoms with E-state index in [1.807, 2.05) is 0 Å². The molecule has 0 saturated heterocycles. The van der Waals surface area contributed by atoms with Gasteiger partial charge in [-0.05, 0) is 12.1 Å². The Bertz CT molecular complexity index is 567. The monoisotopic (exact) mass is 238 g/mol. The van der Waals surface area contributed by atoms with E-state index >= 15 is 0 Å². The lowest BCUT2D eigenvalue weighted by Crippen LogP contribution is -2.13. The fourth-order valence-corrected chi connectivity index (χ4v) is 1.25. The molecule has 1 heterocycles. The molecule has 0 atom stereocenters. The maximum absolute atomic E-state index is 12.9. The first kappa shape index (κ1) is 11.1. The number of nitrogen functional groups attached to an aromatic ring is 1. The maximum atomic E-state index is 12.9. The lowest BCUT2D eigenvalue weighted by atomic mass is 10.2. The summed E-state index contributed by atoms with van der Waals surface area (Å²) in [5.74, 6) is -2.47. The number of carbonyl (C=O) groups is 1. The molecule has 0 unspecified atom stereocenters. The van der Waals surface area contributed by atoms with Gasteiger partial charge in [0.15, 0.2) is 11.6 Å². The topological polar surface area (TPSA) is 83.8 Å². The predicted molar refractivity (Wildman–Crippen MR) is 57.3 cm³/mol. The van der Waals surface area contributed by atoms with E-state index in [2.05, 4.69) is 15.5 Å². The Balaban J connectivity index is 2.19. The number of aromatic nitrogens is 2. The average molecular weight is 238 g/mol. The molecule has 88 valence electrons. The van der Waals surface area contributed by atoms with Gasteiger partial charge in [0.25, 0.3) is 5.91 Å². The zero-order valence-electron chi connectivity index (χ0n) is 8.50. The lowest BCUT2D eigenvalue weighted by Gasteiger charge is -2.04. The maximum Gasteiger partial charge on any atom is 0.261 e. The summed E-state index contributed by atoms with van der Waals surface area (Å²) in [7, 11) is 0. The summed E-state index contributed by atoms with van der Waals surface area (Å²) < 4.78 is 25.5. The molecule has 0 saturated carbocycles. The number of anilines is 2. The minimum absolute atomic E-state index is 0.102. The second-order valence-corrected chi connectivity index (χ2v) is 3.28. The smallest absolute Gasteiger partial charge is 0.261 e. The second kappa shape index (κ2) is 4.20. The highest BCUT2D eigenvalue weighted by atomic mass is 19.2. The molecule has 2 rings (SSSR count). The Morgan fingerprint density at radius 2 is 2.12 bits per heavy atom. The van der Waals surface area contributed by atoms with Crippen molar-refractivity contribution in [2.24, 2.45) is 0 Å². The van der Waals surface area contributed by atoms with Crippen LogP contribution < -0.4 is 11.1 Å². The first-order chi connectivity index (χ1) is 8.08. The Morgan fingerprint density at radius 3 is 2.71 bits per heavy atom. The first-order valence-corrected chi connectivity index (χ1v) is 4.63. The van der Waals surface area contributed by atoms with E-state index in [-0.39, 0.29) is 17.1 Å². The Morgan fingerprint density at radius 1 is 1.35 bits per heavy atom. The molecule has 1 aromatic carbocycles. The molecule has 0 radical (unpaired) electrons. The molecule has 17 heavy (non-hydrogen) atoms. The van der Waals surface area contributed by atoms with E-state index < -0.39 is 17.5 Å². The van der Waals surface area contributed by atoms with Crippen molar-refractivity contribution in [2.45, 2.75) is 0 Å². The van der Waals surface area contributed by atoms with Gasteiger partial charge in [0.05, 0.1) is 6.20 Å². The summed E-state index contributed by atoms with van der Waals surface area (Å²) in [4.78, 5) is 11.6. The number of rotatable bonds is 2. The van der Waals surface area contributed by atoms with Crippen LogP contribution in [0.5, 0.6) is 0 Å². The van der Waals surface area contributed by atoms with Crippen LogP contribution in [0.1, 0.15) is 10.4 Å². The van der Waals surface area contributed by atoms with E-state index in [9.17, 15) is 13.6 Å². The Hall–Kier alpha value is -2.44. The summed E-state index contributed by atoms with van der Waals surface area (Å²) in [6, 6.07) is 3.04. The summed E-state index contributed by atoms with van der Waals surface area (Å²) in [5, 5.41) is 8.33. The third kappa shape index (κ3) is 2.22. The van der Waals surface area contributed by atoms with Gasteiger partial charge in [-0.3, -0.25) is 9.89 Å². The molecule has 1 amide bonds. The lowest BCUT2D eigenvalue weighted by molar-refractivity contribution is 0.102. The van der Waals surface area contributed by atoms with Crippen LogP contribution in [0, 0.1) is 11.6 Å². The zero-order valence-corrected chi connectivity index (χ0v) is 8.50. The van der Waals surface area contributed by atoms with Crippen LogP contribution in [0.3, 0.4) is 0 Å². The molecule has 2 aromatic rings. The van der Waals surface area contributed by atoms with Crippen LogP contribution >= 0.6 is 0 Å². The van der Waals surface area contributed by atoms with Gasteiger partial charge in [0.2, 0.25) is 0 Å². The van der Waals surface area contributed by atoms with Crippen LogP contribution in [-0.4, -0.2) is 16.1 Å². The fraction of sp³-hybridized carbons (Fsp3) is 0. The number of halogens is 2. The van der Waals surface area contributed by atoms with Gasteiger partial charge in [-0.25, -0.2) is 8.78 Å². The van der Waals surface area contributed by atoms with E-state index in [4.69, 9.17) is 5.73 Å². The van der Waals surface area contributed by atoms with Gasteiger partial charge in [0.1, 0.15) is 11.4 Å². The van der Waals surface area contributed by atoms with Crippen molar-refractivity contribution < 1.29 is 13.6 Å². The van der Waals surface area contributed by atoms with Crippen molar-refractivity contribution >= 4 is 17.4 Å². The molecule has 0 bridgehead atoms. The van der Waals surface area contributed by atoms with Crippen molar-refractivity contribution in [3.8, 4) is 0 Å². The molecule has 5 nitrogen and oxygen atoms in total. The summed E-state index contributed by atoms with van der Waals surface area (Å²) >= 11 is 0. The van der Waals surface area contributed by atoms with E-state index in [1.165, 1.54) is 12.3 Å². The molecule has 1 aromatic heterocycles. The number of aromatic amines is 1. The van der Waals surface area contributed by atoms with Gasteiger partial charge >= 0.3 is 0 Å². The number of nitrogens with one attached hydrogen (secondary N) is 2. The van der Waals surface area contributed by atoms with E-state index in [0.717, 1.165) is 12.1 Å². The standard InChI is InChI=1S/C10H8F2N4O/c11-7-2-1-5(3-8(7)12)15-10(17)6-4-14-16-9(6)13/h1-4H,(H,15,17)(H3,13,14,16). The normalized spacial score (nSPS) is 10.2. The van der Waals surface area contributed by atoms with Gasteiger partial charge in [-0.2, -0.15) is 5.10 Å². The van der Waals surface area contributed by atoms with Crippen LogP contribution in [-0.2, 0) is 0 Å². The number of H-pyrrole nitrogens is 1. The van der Waals surface area contributed by atoms with Crippen LogP contribution in [0.15, 0.2) is 24.4 Å². The SMILES string of the molecule is Nc1[nH]ncc1C(=O)Nc1ccc(F)c(F)c1. The average Bonchev–Trinajstić information content (AvgIpc) is 2.70. The molecule has 4 N–H and O–H groups in total. The molecule has 0 spiro atoms. The number of hydrogen-bond acceptors (Lipinski definition) is 3. The Labute approximate surface area is 94.6 Å². The molecule has 7 heteroatoms. The van der Waals surface area contributed by atoms with Gasteiger partial charge in [0, 0.05) is 11.8 Å². The van der Waals surface area contributed by atoms with Crippen molar-refractivity contribution in [3.05, 3.63) is 41.6 Å².